The first-order valence-corrected chi connectivity index (χ1v) is 5.49. The van der Waals surface area contributed by atoms with E-state index < -0.39 is 36.0 Å². The fourth-order valence-electron chi connectivity index (χ4n) is 0.336. The van der Waals surface area contributed by atoms with Gasteiger partial charge in [-0.05, 0) is 0 Å². The monoisotopic (exact) mass is 415 g/mol. The molecular weight excluding hydrogens is 413 g/mol. The molecule has 94 valence electrons. The molecule has 0 aromatic heterocycles. The minimum Gasteiger partial charge on any atom is -1.00 e. The third-order valence-corrected chi connectivity index (χ3v) is 3.46. The second-order valence-electron chi connectivity index (χ2n) is 2.04. The van der Waals surface area contributed by atoms with Crippen LogP contribution in [-0.4, -0.2) is 28.3 Å². The SMILES string of the molecule is O=S(=O)(F)NS(=O)(=O)C(F)(F)C(F)(F)F.[Cs+].[H-]. The van der Waals surface area contributed by atoms with Crippen molar-refractivity contribution in [3.05, 3.63) is 0 Å². The van der Waals surface area contributed by atoms with E-state index in [9.17, 15) is 42.7 Å². The standard InChI is InChI=1S/C2HF6NO4S2.Cs.H/c3-1(4,5)2(6,7)14(10,11)9-15(8,12)13;;/h9H;;/q;+1;-1. The van der Waals surface area contributed by atoms with Crippen molar-refractivity contribution >= 4 is 20.4 Å². The molecular formula is C2H2CsF6NO4S2. The van der Waals surface area contributed by atoms with Gasteiger partial charge in [-0.1, -0.05) is 8.01 Å². The Balaban J connectivity index is -0.000000980. The van der Waals surface area contributed by atoms with E-state index in [1.54, 1.807) is 0 Å². The number of rotatable bonds is 3. The molecule has 14 heteroatoms. The summed E-state index contributed by atoms with van der Waals surface area (Å²) in [4.78, 5) is 0. The normalized spacial score (nSPS) is 14.4. The summed E-state index contributed by atoms with van der Waals surface area (Å²) in [6.45, 7) is 0. The second kappa shape index (κ2) is 5.64. The van der Waals surface area contributed by atoms with Crippen LogP contribution in [0.5, 0.6) is 0 Å². The Labute approximate surface area is 146 Å². The van der Waals surface area contributed by atoms with Crippen LogP contribution in [0.3, 0.4) is 0 Å². The van der Waals surface area contributed by atoms with Gasteiger partial charge >= 0.3 is 101 Å². The van der Waals surface area contributed by atoms with E-state index in [0.717, 1.165) is 0 Å². The van der Waals surface area contributed by atoms with E-state index in [4.69, 9.17) is 0 Å². The largest absolute Gasteiger partial charge is 1.00 e. The average Bonchev–Trinajstić information content (AvgIpc) is 1.77. The van der Waals surface area contributed by atoms with Crippen LogP contribution in [0, 0.1) is 0 Å². The molecule has 0 fully saturated rings. The first-order chi connectivity index (χ1) is 6.21. The molecule has 0 aromatic carbocycles. The molecule has 5 nitrogen and oxygen atoms in total. The molecule has 0 aromatic rings. The number of hydrogen-bond acceptors (Lipinski definition) is 4. The Hall–Kier alpha value is 1.49. The fourth-order valence-corrected chi connectivity index (χ4v) is 2.11. The van der Waals surface area contributed by atoms with Crippen molar-refractivity contribution in [2.24, 2.45) is 0 Å². The van der Waals surface area contributed by atoms with Crippen molar-refractivity contribution in [1.82, 2.24) is 4.13 Å². The molecule has 0 aliphatic rings. The van der Waals surface area contributed by atoms with Gasteiger partial charge < -0.3 is 1.43 Å². The first kappa shape index (κ1) is 19.8. The number of nitrogens with one attached hydrogen (secondary N) is 1. The van der Waals surface area contributed by atoms with Crippen LogP contribution in [0.4, 0.5) is 25.8 Å². The predicted octanol–water partition coefficient (Wildman–Crippen LogP) is -2.61. The van der Waals surface area contributed by atoms with E-state index in [1.165, 1.54) is 0 Å². The summed E-state index contributed by atoms with van der Waals surface area (Å²) in [7, 11) is -13.0. The Kier molecular flexibility index (Phi) is 6.99. The third kappa shape index (κ3) is 5.01. The van der Waals surface area contributed by atoms with Crippen LogP contribution in [0.15, 0.2) is 0 Å². The van der Waals surface area contributed by atoms with Gasteiger partial charge in [-0.25, -0.2) is 8.42 Å². The van der Waals surface area contributed by atoms with E-state index in [0.29, 0.717) is 0 Å². The molecule has 0 atom stereocenters. The van der Waals surface area contributed by atoms with Crippen molar-refractivity contribution in [2.45, 2.75) is 11.4 Å². The van der Waals surface area contributed by atoms with Gasteiger partial charge in [0.1, 0.15) is 0 Å². The zero-order valence-corrected chi connectivity index (χ0v) is 15.1. The molecule has 0 spiro atoms. The molecule has 0 saturated carbocycles. The topological polar surface area (TPSA) is 80.3 Å². The number of halogens is 6. The molecule has 0 radical (unpaired) electrons. The molecule has 1 N–H and O–H groups in total. The predicted molar refractivity (Wildman–Crippen MR) is 34.2 cm³/mol. The van der Waals surface area contributed by atoms with Crippen molar-refractivity contribution in [1.29, 1.82) is 0 Å². The summed E-state index contributed by atoms with van der Waals surface area (Å²) < 4.78 is 109. The van der Waals surface area contributed by atoms with Gasteiger partial charge in [-0.15, -0.1) is 0 Å². The summed E-state index contributed by atoms with van der Waals surface area (Å²) >= 11 is 0. The molecule has 0 aliphatic carbocycles. The van der Waals surface area contributed by atoms with Crippen molar-refractivity contribution in [3.8, 4) is 0 Å². The maximum absolute atomic E-state index is 12.0. The van der Waals surface area contributed by atoms with Gasteiger partial charge in [0, 0.05) is 0 Å². The van der Waals surface area contributed by atoms with Crippen molar-refractivity contribution < 1.29 is 113 Å². The van der Waals surface area contributed by atoms with Gasteiger partial charge in [-0.2, -0.15) is 30.4 Å². The fraction of sp³-hybridized carbons (Fsp3) is 1.00. The number of hydrogen-bond donors (Lipinski definition) is 1. The maximum atomic E-state index is 12.0. The molecule has 0 bridgehead atoms. The molecule has 0 unspecified atom stereocenters. The van der Waals surface area contributed by atoms with Crippen molar-refractivity contribution in [3.63, 3.8) is 0 Å². The molecule has 0 aliphatic heterocycles. The molecule has 0 heterocycles. The van der Waals surface area contributed by atoms with Crippen LogP contribution in [0.2, 0.25) is 0 Å². The van der Waals surface area contributed by atoms with Gasteiger partial charge in [0.25, 0.3) is 0 Å². The molecule has 0 amide bonds. The van der Waals surface area contributed by atoms with E-state index >= 15 is 0 Å². The number of sulfonamides is 1. The van der Waals surface area contributed by atoms with Gasteiger partial charge in [0.2, 0.25) is 0 Å². The summed E-state index contributed by atoms with van der Waals surface area (Å²) in [5.74, 6) is 0. The van der Waals surface area contributed by atoms with Crippen LogP contribution in [0.1, 0.15) is 1.43 Å². The van der Waals surface area contributed by atoms with Gasteiger partial charge in [-0.3, -0.25) is 0 Å². The van der Waals surface area contributed by atoms with E-state index in [2.05, 4.69) is 0 Å². The summed E-state index contributed by atoms with van der Waals surface area (Å²) in [5.41, 5.74) is 0. The minimum absolute atomic E-state index is 0. The van der Waals surface area contributed by atoms with Crippen molar-refractivity contribution in [2.75, 3.05) is 0 Å². The Morgan fingerprint density at radius 3 is 1.44 bits per heavy atom. The van der Waals surface area contributed by atoms with Gasteiger partial charge in [0.15, 0.2) is 0 Å². The molecule has 0 saturated heterocycles. The Bertz CT molecular complexity index is 443. The summed E-state index contributed by atoms with van der Waals surface area (Å²) in [5, 5.41) is -6.42. The van der Waals surface area contributed by atoms with Crippen LogP contribution >= 0.6 is 0 Å². The van der Waals surface area contributed by atoms with Crippen LogP contribution < -0.4 is 73.0 Å². The zero-order valence-electron chi connectivity index (χ0n) is 8.22. The molecule has 16 heavy (non-hydrogen) atoms. The number of alkyl halides is 5. The smallest absolute Gasteiger partial charge is 1.00 e. The van der Waals surface area contributed by atoms with Crippen LogP contribution in [-0.2, 0) is 20.4 Å². The average molecular weight is 415 g/mol. The van der Waals surface area contributed by atoms with Crippen LogP contribution in [0.25, 0.3) is 0 Å². The maximum Gasteiger partial charge on any atom is 1.00 e. The van der Waals surface area contributed by atoms with E-state index in [-0.39, 0.29) is 70.3 Å². The summed E-state index contributed by atoms with van der Waals surface area (Å²) in [6, 6.07) is 0. The first-order valence-electron chi connectivity index (χ1n) is 2.63. The van der Waals surface area contributed by atoms with Gasteiger partial charge in [0.05, 0.1) is 0 Å². The van der Waals surface area contributed by atoms with E-state index in [1.807, 2.05) is 0 Å². The quantitative estimate of drug-likeness (QED) is 0.405. The minimum atomic E-state index is -6.75. The Morgan fingerprint density at radius 1 is 0.938 bits per heavy atom. The summed E-state index contributed by atoms with van der Waals surface area (Å²) in [6.07, 6.45) is -6.57. The molecule has 0 rings (SSSR count). The third-order valence-electron chi connectivity index (χ3n) is 0.877. The zero-order chi connectivity index (χ0) is 12.7. The Morgan fingerprint density at radius 2 is 1.25 bits per heavy atom. The second-order valence-corrected chi connectivity index (χ2v) is 5.10.